The predicted octanol–water partition coefficient (Wildman–Crippen LogP) is 1.69. The molecular formula is C15H15N3O2. The van der Waals surface area contributed by atoms with Gasteiger partial charge in [-0.15, -0.1) is 0 Å². The average molecular weight is 269 g/mol. The molecule has 1 aliphatic rings. The number of rotatable bonds is 2. The van der Waals surface area contributed by atoms with Crippen LogP contribution < -0.4 is 10.6 Å². The molecule has 0 saturated carbocycles. The summed E-state index contributed by atoms with van der Waals surface area (Å²) >= 11 is 0. The standard InChI is InChI=1S/C15H15N3O2/c1-9-6-7-13(15(20)17-9)18-14(19)11-8-16-12-5-3-2-4-10(11)12/h2-5,8,13,16H,1,6-7H2,(H,17,20)(H,18,19)/t13-/m1/s1. The molecule has 5 heteroatoms. The van der Waals surface area contributed by atoms with Crippen molar-refractivity contribution in [1.29, 1.82) is 0 Å². The Labute approximate surface area is 116 Å². The van der Waals surface area contributed by atoms with Crippen LogP contribution in [0.1, 0.15) is 23.2 Å². The first-order valence-corrected chi connectivity index (χ1v) is 6.51. The molecule has 2 amide bonds. The molecule has 2 heterocycles. The first-order chi connectivity index (χ1) is 9.65. The van der Waals surface area contributed by atoms with E-state index in [4.69, 9.17) is 0 Å². The van der Waals surface area contributed by atoms with Crippen LogP contribution in [0.15, 0.2) is 42.7 Å². The second kappa shape index (κ2) is 4.85. The van der Waals surface area contributed by atoms with E-state index < -0.39 is 6.04 Å². The summed E-state index contributed by atoms with van der Waals surface area (Å²) in [5.41, 5.74) is 2.16. The molecule has 20 heavy (non-hydrogen) atoms. The Bertz CT molecular complexity index is 702. The van der Waals surface area contributed by atoms with Crippen molar-refractivity contribution in [2.24, 2.45) is 0 Å². The molecule has 0 radical (unpaired) electrons. The van der Waals surface area contributed by atoms with Gasteiger partial charge >= 0.3 is 0 Å². The van der Waals surface area contributed by atoms with Gasteiger partial charge in [-0.25, -0.2) is 0 Å². The number of hydrogen-bond donors (Lipinski definition) is 3. The van der Waals surface area contributed by atoms with Gasteiger partial charge in [-0.1, -0.05) is 24.8 Å². The van der Waals surface area contributed by atoms with Crippen LogP contribution in [0.25, 0.3) is 10.9 Å². The Hall–Kier alpha value is -2.56. The molecule has 1 fully saturated rings. The highest BCUT2D eigenvalue weighted by atomic mass is 16.2. The SMILES string of the molecule is C=C1CC[C@@H](NC(=O)c2c[nH]c3ccccc23)C(=O)N1. The minimum Gasteiger partial charge on any atom is -0.360 e. The summed E-state index contributed by atoms with van der Waals surface area (Å²) in [6.07, 6.45) is 2.93. The summed E-state index contributed by atoms with van der Waals surface area (Å²) in [4.78, 5) is 27.1. The Morgan fingerprint density at radius 2 is 2.15 bits per heavy atom. The second-order valence-electron chi connectivity index (χ2n) is 4.91. The number of piperidine rings is 1. The third-order valence-electron chi connectivity index (χ3n) is 3.49. The Balaban J connectivity index is 1.80. The number of carbonyl (C=O) groups excluding carboxylic acids is 2. The van der Waals surface area contributed by atoms with Gasteiger partial charge in [0.2, 0.25) is 5.91 Å². The topological polar surface area (TPSA) is 74.0 Å². The fourth-order valence-corrected chi connectivity index (χ4v) is 2.41. The summed E-state index contributed by atoms with van der Waals surface area (Å²) in [5.74, 6) is -0.440. The van der Waals surface area contributed by atoms with Crippen molar-refractivity contribution in [2.75, 3.05) is 0 Å². The van der Waals surface area contributed by atoms with E-state index in [1.165, 1.54) is 0 Å². The lowest BCUT2D eigenvalue weighted by atomic mass is 10.0. The lowest BCUT2D eigenvalue weighted by Crippen LogP contribution is -2.49. The summed E-state index contributed by atoms with van der Waals surface area (Å²) in [7, 11) is 0. The van der Waals surface area contributed by atoms with Crippen LogP contribution in [-0.4, -0.2) is 22.8 Å². The highest BCUT2D eigenvalue weighted by molar-refractivity contribution is 6.08. The lowest BCUT2D eigenvalue weighted by molar-refractivity contribution is -0.123. The molecule has 1 saturated heterocycles. The summed E-state index contributed by atoms with van der Waals surface area (Å²) in [5, 5.41) is 6.29. The van der Waals surface area contributed by atoms with Crippen molar-refractivity contribution in [3.8, 4) is 0 Å². The first-order valence-electron chi connectivity index (χ1n) is 6.51. The number of aromatic amines is 1. The molecule has 1 atom stereocenters. The molecule has 3 N–H and O–H groups in total. The lowest BCUT2D eigenvalue weighted by Gasteiger charge is -2.24. The number of amides is 2. The van der Waals surface area contributed by atoms with E-state index in [1.54, 1.807) is 6.20 Å². The highest BCUT2D eigenvalue weighted by Crippen LogP contribution is 2.18. The van der Waals surface area contributed by atoms with Crippen molar-refractivity contribution < 1.29 is 9.59 Å². The van der Waals surface area contributed by atoms with Gasteiger partial charge in [-0.3, -0.25) is 9.59 Å². The number of benzene rings is 1. The van der Waals surface area contributed by atoms with Gasteiger partial charge in [-0.2, -0.15) is 0 Å². The van der Waals surface area contributed by atoms with Crippen molar-refractivity contribution in [3.63, 3.8) is 0 Å². The third kappa shape index (κ3) is 2.18. The molecule has 0 spiro atoms. The average Bonchev–Trinajstić information content (AvgIpc) is 2.86. The van der Waals surface area contributed by atoms with Crippen LogP contribution in [-0.2, 0) is 4.79 Å². The van der Waals surface area contributed by atoms with Gasteiger partial charge in [-0.05, 0) is 18.9 Å². The summed E-state index contributed by atoms with van der Waals surface area (Å²) < 4.78 is 0. The number of fused-ring (bicyclic) bond motifs is 1. The fourth-order valence-electron chi connectivity index (χ4n) is 2.41. The van der Waals surface area contributed by atoms with E-state index in [-0.39, 0.29) is 11.8 Å². The summed E-state index contributed by atoms with van der Waals surface area (Å²) in [6, 6.07) is 7.07. The Morgan fingerprint density at radius 3 is 2.95 bits per heavy atom. The van der Waals surface area contributed by atoms with Gasteiger partial charge in [0.25, 0.3) is 5.91 Å². The zero-order valence-electron chi connectivity index (χ0n) is 10.9. The van der Waals surface area contributed by atoms with E-state index in [9.17, 15) is 9.59 Å². The van der Waals surface area contributed by atoms with E-state index in [0.29, 0.717) is 24.1 Å². The minimum atomic E-state index is -0.498. The van der Waals surface area contributed by atoms with Crippen LogP contribution in [0.5, 0.6) is 0 Å². The van der Waals surface area contributed by atoms with E-state index in [2.05, 4.69) is 22.2 Å². The molecular weight excluding hydrogens is 254 g/mol. The van der Waals surface area contributed by atoms with Gasteiger partial charge in [0.1, 0.15) is 6.04 Å². The molecule has 5 nitrogen and oxygen atoms in total. The molecule has 0 aliphatic carbocycles. The zero-order chi connectivity index (χ0) is 14.1. The summed E-state index contributed by atoms with van der Waals surface area (Å²) in [6.45, 7) is 3.72. The number of H-pyrrole nitrogens is 1. The van der Waals surface area contributed by atoms with Crippen LogP contribution in [0.2, 0.25) is 0 Å². The van der Waals surface area contributed by atoms with Crippen molar-refractivity contribution >= 4 is 22.7 Å². The number of para-hydroxylation sites is 1. The Kier molecular flexibility index (Phi) is 3.02. The second-order valence-corrected chi connectivity index (χ2v) is 4.91. The highest BCUT2D eigenvalue weighted by Gasteiger charge is 2.26. The van der Waals surface area contributed by atoms with Gasteiger partial charge in [0.05, 0.1) is 5.56 Å². The Morgan fingerprint density at radius 1 is 1.35 bits per heavy atom. The van der Waals surface area contributed by atoms with Crippen molar-refractivity contribution in [2.45, 2.75) is 18.9 Å². The number of carbonyl (C=O) groups is 2. The number of hydrogen-bond acceptors (Lipinski definition) is 2. The van der Waals surface area contributed by atoms with Crippen LogP contribution in [0, 0.1) is 0 Å². The molecule has 0 unspecified atom stereocenters. The fraction of sp³-hybridized carbons (Fsp3) is 0.200. The largest absolute Gasteiger partial charge is 0.360 e. The van der Waals surface area contributed by atoms with Crippen LogP contribution in [0.4, 0.5) is 0 Å². The van der Waals surface area contributed by atoms with Crippen LogP contribution >= 0.6 is 0 Å². The van der Waals surface area contributed by atoms with Crippen molar-refractivity contribution in [3.05, 3.63) is 48.3 Å². The molecule has 1 aromatic carbocycles. The number of aromatic nitrogens is 1. The van der Waals surface area contributed by atoms with E-state index in [0.717, 1.165) is 10.9 Å². The van der Waals surface area contributed by atoms with Gasteiger partial charge in [0.15, 0.2) is 0 Å². The third-order valence-corrected chi connectivity index (χ3v) is 3.49. The maximum absolute atomic E-state index is 12.3. The van der Waals surface area contributed by atoms with E-state index in [1.807, 2.05) is 24.3 Å². The number of allylic oxidation sites excluding steroid dienone is 1. The first kappa shape index (κ1) is 12.5. The maximum Gasteiger partial charge on any atom is 0.254 e. The minimum absolute atomic E-state index is 0.200. The molecule has 2 aromatic rings. The smallest absolute Gasteiger partial charge is 0.254 e. The van der Waals surface area contributed by atoms with Gasteiger partial charge < -0.3 is 15.6 Å². The molecule has 102 valence electrons. The quantitative estimate of drug-likeness (QED) is 0.776. The zero-order valence-corrected chi connectivity index (χ0v) is 10.9. The van der Waals surface area contributed by atoms with Gasteiger partial charge in [0, 0.05) is 22.8 Å². The predicted molar refractivity (Wildman–Crippen MR) is 76.1 cm³/mol. The molecule has 1 aliphatic heterocycles. The molecule has 3 rings (SSSR count). The monoisotopic (exact) mass is 269 g/mol. The molecule has 0 bridgehead atoms. The van der Waals surface area contributed by atoms with Crippen LogP contribution in [0.3, 0.4) is 0 Å². The maximum atomic E-state index is 12.3. The molecule has 1 aromatic heterocycles. The normalized spacial score (nSPS) is 18.9. The van der Waals surface area contributed by atoms with Crippen molar-refractivity contribution in [1.82, 2.24) is 15.6 Å². The number of nitrogens with one attached hydrogen (secondary N) is 3. The van der Waals surface area contributed by atoms with E-state index >= 15 is 0 Å².